The highest BCUT2D eigenvalue weighted by molar-refractivity contribution is 7.15. The molecule has 1 aliphatic rings. The van der Waals surface area contributed by atoms with Gasteiger partial charge in [-0.15, -0.1) is 33.9 Å². The van der Waals surface area contributed by atoms with Crippen molar-refractivity contribution >= 4 is 28.9 Å². The first kappa shape index (κ1) is 15.9. The number of rotatable bonds is 3. The number of hydrogen-bond donors (Lipinski definition) is 1. The summed E-state index contributed by atoms with van der Waals surface area (Å²) in [5, 5.41) is 9.29. The van der Waals surface area contributed by atoms with Crippen LogP contribution in [0.2, 0.25) is 0 Å². The van der Waals surface area contributed by atoms with Gasteiger partial charge < -0.3 is 10.3 Å². The Labute approximate surface area is 143 Å². The Morgan fingerprint density at radius 3 is 2.87 bits per heavy atom. The molecule has 0 aromatic carbocycles. The van der Waals surface area contributed by atoms with E-state index in [0.29, 0.717) is 5.13 Å². The lowest BCUT2D eigenvalue weighted by atomic mass is 10.2. The molecular formula is C14H16ClN7S. The summed E-state index contributed by atoms with van der Waals surface area (Å²) in [7, 11) is 0. The first-order valence-electron chi connectivity index (χ1n) is 7.04. The normalized spacial score (nSPS) is 14.3. The summed E-state index contributed by atoms with van der Waals surface area (Å²) < 4.78 is 2.18. The summed E-state index contributed by atoms with van der Waals surface area (Å²) in [6, 6.07) is 3.93. The molecule has 0 saturated carbocycles. The van der Waals surface area contributed by atoms with Gasteiger partial charge in [0.05, 0.1) is 6.54 Å². The van der Waals surface area contributed by atoms with Gasteiger partial charge in [0.2, 0.25) is 0 Å². The van der Waals surface area contributed by atoms with Crippen molar-refractivity contribution in [3.63, 3.8) is 0 Å². The molecule has 0 unspecified atom stereocenters. The Hall–Kier alpha value is -2.03. The van der Waals surface area contributed by atoms with Crippen LogP contribution in [0, 0.1) is 0 Å². The Balaban J connectivity index is 0.00000156. The van der Waals surface area contributed by atoms with E-state index in [2.05, 4.69) is 29.6 Å². The van der Waals surface area contributed by atoms with E-state index in [9.17, 15) is 0 Å². The first-order valence-corrected chi connectivity index (χ1v) is 7.86. The lowest BCUT2D eigenvalue weighted by molar-refractivity contribution is 0.211. The maximum Gasteiger partial charge on any atom is 0.180 e. The van der Waals surface area contributed by atoms with Crippen LogP contribution in [0.15, 0.2) is 30.7 Å². The van der Waals surface area contributed by atoms with Crippen LogP contribution in [0.4, 0.5) is 5.13 Å². The molecule has 0 atom stereocenters. The van der Waals surface area contributed by atoms with Crippen molar-refractivity contribution in [3.05, 3.63) is 41.4 Å². The fourth-order valence-corrected chi connectivity index (χ4v) is 3.39. The summed E-state index contributed by atoms with van der Waals surface area (Å²) in [5.41, 5.74) is 6.69. The Kier molecular flexibility index (Phi) is 4.56. The minimum atomic E-state index is 0. The van der Waals surface area contributed by atoms with Gasteiger partial charge in [-0.3, -0.25) is 9.88 Å². The van der Waals surface area contributed by atoms with Gasteiger partial charge in [-0.1, -0.05) is 0 Å². The zero-order valence-corrected chi connectivity index (χ0v) is 13.9. The SMILES string of the molecule is Cl.Nc1ncc(CN2CCn3c(nnc3-c3cccnc3)C2)s1. The molecule has 2 N–H and O–H groups in total. The zero-order valence-electron chi connectivity index (χ0n) is 12.3. The predicted octanol–water partition coefficient (Wildman–Crippen LogP) is 1.82. The number of nitrogens with two attached hydrogens (primary N) is 1. The maximum absolute atomic E-state index is 5.68. The first-order chi connectivity index (χ1) is 10.8. The highest BCUT2D eigenvalue weighted by Crippen LogP contribution is 2.23. The minimum absolute atomic E-state index is 0. The topological polar surface area (TPSA) is 85.8 Å². The van der Waals surface area contributed by atoms with E-state index < -0.39 is 0 Å². The van der Waals surface area contributed by atoms with Crippen LogP contribution >= 0.6 is 23.7 Å². The minimum Gasteiger partial charge on any atom is -0.375 e. The molecule has 0 aliphatic carbocycles. The molecular weight excluding hydrogens is 334 g/mol. The van der Waals surface area contributed by atoms with Gasteiger partial charge in [0.15, 0.2) is 11.0 Å². The molecule has 0 spiro atoms. The number of anilines is 1. The van der Waals surface area contributed by atoms with Gasteiger partial charge in [0, 0.05) is 48.7 Å². The third-order valence-corrected chi connectivity index (χ3v) is 4.51. The zero-order chi connectivity index (χ0) is 14.9. The average molecular weight is 350 g/mol. The molecule has 4 heterocycles. The van der Waals surface area contributed by atoms with Crippen molar-refractivity contribution in [1.82, 2.24) is 29.6 Å². The predicted molar refractivity (Wildman–Crippen MR) is 91.1 cm³/mol. The lowest BCUT2D eigenvalue weighted by Gasteiger charge is -2.27. The van der Waals surface area contributed by atoms with E-state index in [0.717, 1.165) is 43.4 Å². The van der Waals surface area contributed by atoms with Gasteiger partial charge in [0.25, 0.3) is 0 Å². The fourth-order valence-electron chi connectivity index (χ4n) is 2.67. The van der Waals surface area contributed by atoms with Crippen molar-refractivity contribution in [2.24, 2.45) is 0 Å². The largest absolute Gasteiger partial charge is 0.375 e. The lowest BCUT2D eigenvalue weighted by Crippen LogP contribution is -2.33. The summed E-state index contributed by atoms with van der Waals surface area (Å²) in [5.74, 6) is 1.88. The smallest absolute Gasteiger partial charge is 0.180 e. The van der Waals surface area contributed by atoms with Gasteiger partial charge in [-0.05, 0) is 12.1 Å². The number of nitrogens with zero attached hydrogens (tertiary/aromatic N) is 6. The van der Waals surface area contributed by atoms with Crippen LogP contribution in [0.1, 0.15) is 10.7 Å². The summed E-state index contributed by atoms with van der Waals surface area (Å²) in [6.07, 6.45) is 5.43. The summed E-state index contributed by atoms with van der Waals surface area (Å²) in [6.45, 7) is 3.46. The van der Waals surface area contributed by atoms with Crippen molar-refractivity contribution in [1.29, 1.82) is 0 Å². The number of pyridine rings is 1. The molecule has 0 fully saturated rings. The molecule has 7 nitrogen and oxygen atoms in total. The second-order valence-corrected chi connectivity index (χ2v) is 6.36. The highest BCUT2D eigenvalue weighted by atomic mass is 35.5. The third-order valence-electron chi connectivity index (χ3n) is 3.70. The Bertz CT molecular complexity index is 786. The number of nitrogen functional groups attached to an aromatic ring is 1. The number of hydrogen-bond acceptors (Lipinski definition) is 7. The molecule has 0 saturated heterocycles. The molecule has 0 radical (unpaired) electrons. The van der Waals surface area contributed by atoms with Crippen molar-refractivity contribution < 1.29 is 0 Å². The van der Waals surface area contributed by atoms with Gasteiger partial charge in [0.1, 0.15) is 5.82 Å². The van der Waals surface area contributed by atoms with E-state index in [1.165, 1.54) is 16.2 Å². The van der Waals surface area contributed by atoms with Crippen molar-refractivity contribution in [2.45, 2.75) is 19.6 Å². The molecule has 3 aromatic rings. The van der Waals surface area contributed by atoms with Crippen LogP contribution < -0.4 is 5.73 Å². The molecule has 4 rings (SSSR count). The van der Waals surface area contributed by atoms with Crippen LogP contribution in [-0.4, -0.2) is 36.2 Å². The van der Waals surface area contributed by atoms with E-state index >= 15 is 0 Å². The summed E-state index contributed by atoms with van der Waals surface area (Å²) >= 11 is 1.54. The molecule has 0 amide bonds. The molecule has 23 heavy (non-hydrogen) atoms. The Morgan fingerprint density at radius 2 is 2.13 bits per heavy atom. The number of thiazole rings is 1. The quantitative estimate of drug-likeness (QED) is 0.776. The van der Waals surface area contributed by atoms with Gasteiger partial charge in [-0.2, -0.15) is 0 Å². The van der Waals surface area contributed by atoms with Gasteiger partial charge in [-0.25, -0.2) is 4.98 Å². The summed E-state index contributed by atoms with van der Waals surface area (Å²) in [4.78, 5) is 11.8. The van der Waals surface area contributed by atoms with E-state index in [1.54, 1.807) is 6.20 Å². The molecule has 0 bridgehead atoms. The molecule has 9 heteroatoms. The van der Waals surface area contributed by atoms with Crippen LogP contribution in [0.5, 0.6) is 0 Å². The number of fused-ring (bicyclic) bond motifs is 1. The van der Waals surface area contributed by atoms with E-state index in [-0.39, 0.29) is 12.4 Å². The van der Waals surface area contributed by atoms with E-state index in [4.69, 9.17) is 5.73 Å². The van der Waals surface area contributed by atoms with E-state index in [1.807, 2.05) is 24.5 Å². The van der Waals surface area contributed by atoms with Crippen LogP contribution in [-0.2, 0) is 19.6 Å². The van der Waals surface area contributed by atoms with Crippen molar-refractivity contribution in [2.75, 3.05) is 12.3 Å². The van der Waals surface area contributed by atoms with Crippen LogP contribution in [0.3, 0.4) is 0 Å². The second kappa shape index (κ2) is 6.61. The third kappa shape index (κ3) is 3.19. The molecule has 1 aliphatic heterocycles. The maximum atomic E-state index is 5.68. The van der Waals surface area contributed by atoms with Crippen molar-refractivity contribution in [3.8, 4) is 11.4 Å². The Morgan fingerprint density at radius 1 is 1.22 bits per heavy atom. The number of halogens is 1. The molecule has 120 valence electrons. The molecule has 3 aromatic heterocycles. The monoisotopic (exact) mass is 349 g/mol. The standard InChI is InChI=1S/C14H15N7S.ClH/c15-14-17-7-11(22-14)8-20-4-5-21-12(9-20)18-19-13(21)10-2-1-3-16-6-10;/h1-3,6-7H,4-5,8-9H2,(H2,15,17);1H. The number of aromatic nitrogens is 5. The fraction of sp³-hybridized carbons (Fsp3) is 0.286. The van der Waals surface area contributed by atoms with Gasteiger partial charge >= 0.3 is 0 Å². The van der Waals surface area contributed by atoms with Crippen LogP contribution in [0.25, 0.3) is 11.4 Å². The average Bonchev–Trinajstić information content (AvgIpc) is 3.14. The highest BCUT2D eigenvalue weighted by Gasteiger charge is 2.22. The second-order valence-electron chi connectivity index (χ2n) is 5.21.